The lowest BCUT2D eigenvalue weighted by molar-refractivity contribution is 0.153. The monoisotopic (exact) mass is 267 g/mol. The lowest BCUT2D eigenvalue weighted by Gasteiger charge is -2.36. The molecular weight excluding hydrogens is 238 g/mol. The van der Waals surface area contributed by atoms with E-state index in [1.165, 1.54) is 44.9 Å². The molecule has 0 heterocycles. The largest absolute Gasteiger partial charge is 0.336 e. The Morgan fingerprint density at radius 1 is 1.11 bits per heavy atom. The van der Waals surface area contributed by atoms with Gasteiger partial charge < -0.3 is 15.5 Å². The molecule has 110 valence electrons. The van der Waals surface area contributed by atoms with Crippen molar-refractivity contribution < 1.29 is 4.79 Å². The molecule has 2 aliphatic rings. The van der Waals surface area contributed by atoms with Crippen LogP contribution >= 0.6 is 0 Å². The molecule has 4 heteroatoms. The number of nitrogens with one attached hydrogen (secondary N) is 2. The van der Waals surface area contributed by atoms with Crippen molar-refractivity contribution in [2.45, 2.75) is 69.4 Å². The highest BCUT2D eigenvalue weighted by Gasteiger charge is 2.36. The van der Waals surface area contributed by atoms with E-state index in [0.717, 1.165) is 19.4 Å². The number of hydrogen-bond donors (Lipinski definition) is 2. The van der Waals surface area contributed by atoms with E-state index in [1.807, 2.05) is 0 Å². The molecule has 2 rings (SSSR count). The average Bonchev–Trinajstić information content (AvgIpc) is 2.88. The summed E-state index contributed by atoms with van der Waals surface area (Å²) in [4.78, 5) is 14.3. The first-order chi connectivity index (χ1) is 9.12. The van der Waals surface area contributed by atoms with Gasteiger partial charge in [-0.2, -0.15) is 0 Å². The molecule has 0 atom stereocenters. The van der Waals surface area contributed by atoms with Crippen LogP contribution in [-0.2, 0) is 0 Å². The fourth-order valence-electron chi connectivity index (χ4n) is 3.54. The molecule has 2 fully saturated rings. The van der Waals surface area contributed by atoms with Crippen LogP contribution < -0.4 is 10.6 Å². The second-order valence-electron chi connectivity index (χ2n) is 6.49. The zero-order chi connectivity index (χ0) is 13.7. The highest BCUT2D eigenvalue weighted by atomic mass is 16.2. The normalized spacial score (nSPS) is 23.5. The Morgan fingerprint density at radius 2 is 1.74 bits per heavy atom. The van der Waals surface area contributed by atoms with Gasteiger partial charge in [0.05, 0.1) is 0 Å². The van der Waals surface area contributed by atoms with Crippen LogP contribution in [0, 0.1) is 0 Å². The summed E-state index contributed by atoms with van der Waals surface area (Å²) in [5.74, 6) is 0. The van der Waals surface area contributed by atoms with E-state index >= 15 is 0 Å². The molecule has 0 aromatic rings. The molecule has 0 aromatic carbocycles. The van der Waals surface area contributed by atoms with Crippen LogP contribution in [0.3, 0.4) is 0 Å². The molecule has 2 amide bonds. The number of amides is 2. The number of likely N-dealkylation sites (N-methyl/N-ethyl adjacent to an activating group) is 1. The second-order valence-corrected chi connectivity index (χ2v) is 6.49. The lowest BCUT2D eigenvalue weighted by Crippen LogP contribution is -2.53. The molecule has 2 N–H and O–H groups in total. The van der Waals surface area contributed by atoms with E-state index in [1.54, 1.807) is 0 Å². The third kappa shape index (κ3) is 3.85. The first kappa shape index (κ1) is 14.6. The van der Waals surface area contributed by atoms with Crippen LogP contribution in [-0.4, -0.2) is 43.2 Å². The number of nitrogens with zero attached hydrogens (tertiary/aromatic N) is 1. The molecule has 0 saturated heterocycles. The SMILES string of the molecule is CN(C)C1(CNC(=O)NC2CCCCC2)CCCC1. The van der Waals surface area contributed by atoms with Crippen LogP contribution in [0.4, 0.5) is 4.79 Å². The third-order valence-corrected chi connectivity index (χ3v) is 5.00. The highest BCUT2D eigenvalue weighted by Crippen LogP contribution is 2.33. The van der Waals surface area contributed by atoms with Crippen molar-refractivity contribution >= 4 is 6.03 Å². The molecule has 2 aliphatic carbocycles. The van der Waals surface area contributed by atoms with Gasteiger partial charge in [0.2, 0.25) is 0 Å². The maximum atomic E-state index is 12.0. The van der Waals surface area contributed by atoms with Crippen LogP contribution in [0.1, 0.15) is 57.8 Å². The Bertz CT molecular complexity index is 292. The first-order valence-corrected chi connectivity index (χ1v) is 7.84. The quantitative estimate of drug-likeness (QED) is 0.822. The van der Waals surface area contributed by atoms with E-state index in [9.17, 15) is 4.79 Å². The van der Waals surface area contributed by atoms with Crippen molar-refractivity contribution in [2.24, 2.45) is 0 Å². The van der Waals surface area contributed by atoms with Gasteiger partial charge in [-0.15, -0.1) is 0 Å². The van der Waals surface area contributed by atoms with E-state index in [2.05, 4.69) is 29.6 Å². The predicted octanol–water partition coefficient (Wildman–Crippen LogP) is 2.49. The van der Waals surface area contributed by atoms with Crippen LogP contribution in [0.25, 0.3) is 0 Å². The summed E-state index contributed by atoms with van der Waals surface area (Å²) >= 11 is 0. The molecule has 4 nitrogen and oxygen atoms in total. The summed E-state index contributed by atoms with van der Waals surface area (Å²) in [7, 11) is 4.26. The number of urea groups is 1. The molecule has 19 heavy (non-hydrogen) atoms. The van der Waals surface area contributed by atoms with Crippen LogP contribution in [0.15, 0.2) is 0 Å². The zero-order valence-corrected chi connectivity index (χ0v) is 12.5. The van der Waals surface area contributed by atoms with E-state index in [4.69, 9.17) is 0 Å². The van der Waals surface area contributed by atoms with Crippen LogP contribution in [0.2, 0.25) is 0 Å². The van der Waals surface area contributed by atoms with Gasteiger partial charge in [-0.3, -0.25) is 0 Å². The zero-order valence-electron chi connectivity index (χ0n) is 12.5. The molecule has 0 aromatic heterocycles. The minimum Gasteiger partial charge on any atom is -0.336 e. The van der Waals surface area contributed by atoms with E-state index < -0.39 is 0 Å². The van der Waals surface area contributed by atoms with Crippen molar-refractivity contribution in [1.82, 2.24) is 15.5 Å². The van der Waals surface area contributed by atoms with Gasteiger partial charge in [0.25, 0.3) is 0 Å². The molecule has 0 spiro atoms. The Labute approximate surface area is 117 Å². The molecular formula is C15H29N3O. The summed E-state index contributed by atoms with van der Waals surface area (Å²) in [6, 6.07) is 0.424. The maximum Gasteiger partial charge on any atom is 0.315 e. The van der Waals surface area contributed by atoms with Crippen molar-refractivity contribution in [2.75, 3.05) is 20.6 Å². The minimum absolute atomic E-state index is 0.0278. The summed E-state index contributed by atoms with van der Waals surface area (Å²) in [5.41, 5.74) is 0.184. The third-order valence-electron chi connectivity index (χ3n) is 5.00. The van der Waals surface area contributed by atoms with Gasteiger partial charge >= 0.3 is 6.03 Å². The average molecular weight is 267 g/mol. The Kier molecular flexibility index (Phi) is 5.08. The van der Waals surface area contributed by atoms with Crippen LogP contribution in [0.5, 0.6) is 0 Å². The Hall–Kier alpha value is -0.770. The Morgan fingerprint density at radius 3 is 2.32 bits per heavy atom. The summed E-state index contributed by atoms with van der Waals surface area (Å²) < 4.78 is 0. The fraction of sp³-hybridized carbons (Fsp3) is 0.933. The summed E-state index contributed by atoms with van der Waals surface area (Å²) in [5, 5.41) is 6.23. The fourth-order valence-corrected chi connectivity index (χ4v) is 3.54. The van der Waals surface area contributed by atoms with Gasteiger partial charge in [-0.25, -0.2) is 4.79 Å². The molecule has 2 saturated carbocycles. The first-order valence-electron chi connectivity index (χ1n) is 7.84. The van der Waals surface area contributed by atoms with Gasteiger partial charge in [-0.1, -0.05) is 32.1 Å². The van der Waals surface area contributed by atoms with Gasteiger partial charge in [0.1, 0.15) is 0 Å². The van der Waals surface area contributed by atoms with Gasteiger partial charge in [-0.05, 0) is 39.8 Å². The highest BCUT2D eigenvalue weighted by molar-refractivity contribution is 5.74. The summed E-state index contributed by atoms with van der Waals surface area (Å²) in [6.45, 7) is 0.776. The second kappa shape index (κ2) is 6.60. The maximum absolute atomic E-state index is 12.0. The standard InChI is InChI=1S/C15H29N3O/c1-18(2)15(10-6-7-11-15)12-16-14(19)17-13-8-4-3-5-9-13/h13H,3-12H2,1-2H3,(H2,16,17,19). The number of rotatable bonds is 4. The molecule has 0 aliphatic heterocycles. The number of hydrogen-bond acceptors (Lipinski definition) is 2. The van der Waals surface area contributed by atoms with Gasteiger partial charge in [0, 0.05) is 18.1 Å². The topological polar surface area (TPSA) is 44.4 Å². The van der Waals surface area contributed by atoms with Crippen molar-refractivity contribution in [1.29, 1.82) is 0 Å². The smallest absolute Gasteiger partial charge is 0.315 e. The predicted molar refractivity (Wildman–Crippen MR) is 78.3 cm³/mol. The Balaban J connectivity index is 1.75. The van der Waals surface area contributed by atoms with Crippen molar-refractivity contribution in [3.63, 3.8) is 0 Å². The van der Waals surface area contributed by atoms with E-state index in [0.29, 0.717) is 6.04 Å². The van der Waals surface area contributed by atoms with E-state index in [-0.39, 0.29) is 11.6 Å². The molecule has 0 radical (unpaired) electrons. The van der Waals surface area contributed by atoms with Gasteiger partial charge in [0.15, 0.2) is 0 Å². The molecule has 0 unspecified atom stereocenters. The molecule has 0 bridgehead atoms. The minimum atomic E-state index is 0.0278. The summed E-state index contributed by atoms with van der Waals surface area (Å²) in [6.07, 6.45) is 11.1. The number of carbonyl (C=O) groups is 1. The number of carbonyl (C=O) groups excluding carboxylic acids is 1. The van der Waals surface area contributed by atoms with Crippen molar-refractivity contribution in [3.8, 4) is 0 Å². The lowest BCUT2D eigenvalue weighted by atomic mass is 9.95. The van der Waals surface area contributed by atoms with Crippen molar-refractivity contribution in [3.05, 3.63) is 0 Å².